The molecule has 5 heteroatoms. The summed E-state index contributed by atoms with van der Waals surface area (Å²) in [5.74, 6) is 0.442. The van der Waals surface area contributed by atoms with Crippen LogP contribution in [0.2, 0.25) is 0 Å². The van der Waals surface area contributed by atoms with Crippen LogP contribution < -0.4 is 10.6 Å². The Morgan fingerprint density at radius 3 is 2.90 bits per heavy atom. The largest absolute Gasteiger partial charge is 0.398 e. The van der Waals surface area contributed by atoms with Gasteiger partial charge in [-0.15, -0.1) is 0 Å². The fourth-order valence-corrected chi connectivity index (χ4v) is 2.57. The number of hydrogen-bond donors (Lipinski definition) is 2. The van der Waals surface area contributed by atoms with E-state index in [1.54, 1.807) is 12.3 Å². The maximum absolute atomic E-state index is 12.4. The number of carbonyl (C=O) groups excluding carboxylic acids is 1. The van der Waals surface area contributed by atoms with Crippen LogP contribution in [0.4, 0.5) is 11.5 Å². The van der Waals surface area contributed by atoms with Gasteiger partial charge in [0, 0.05) is 17.4 Å². The molecule has 5 nitrogen and oxygen atoms in total. The minimum Gasteiger partial charge on any atom is -0.398 e. The number of β-amino-alcohol motifs (C(OH)–C–C–N with tert-alkyl or cyclic N) is 1. The highest BCUT2D eigenvalue weighted by molar-refractivity contribution is 6.03. The molecule has 1 amide bonds. The lowest BCUT2D eigenvalue weighted by Crippen LogP contribution is -2.34. The zero-order valence-electron chi connectivity index (χ0n) is 10.9. The van der Waals surface area contributed by atoms with Crippen LogP contribution in [0.1, 0.15) is 5.56 Å². The Hall–Kier alpha value is -2.40. The molecule has 0 saturated carbocycles. The summed E-state index contributed by atoms with van der Waals surface area (Å²) < 4.78 is 0. The summed E-state index contributed by atoms with van der Waals surface area (Å²) in [6.07, 6.45) is 1.87. The van der Waals surface area contributed by atoms with Crippen LogP contribution >= 0.6 is 0 Å². The van der Waals surface area contributed by atoms with E-state index in [4.69, 9.17) is 5.73 Å². The van der Waals surface area contributed by atoms with Crippen LogP contribution in [0.5, 0.6) is 0 Å². The maximum Gasteiger partial charge on any atom is 0.232 e. The van der Waals surface area contributed by atoms with Crippen molar-refractivity contribution in [3.63, 3.8) is 0 Å². The number of carbonyl (C=O) groups is 1. The van der Waals surface area contributed by atoms with Crippen molar-refractivity contribution >= 4 is 17.4 Å². The summed E-state index contributed by atoms with van der Waals surface area (Å²) in [7, 11) is 0. The van der Waals surface area contributed by atoms with Crippen LogP contribution in [0.15, 0.2) is 36.5 Å². The summed E-state index contributed by atoms with van der Waals surface area (Å²) in [5, 5.41) is 9.19. The third kappa shape index (κ3) is 1.92. The average molecular weight is 269 g/mol. The molecule has 0 unspecified atom stereocenters. The molecule has 0 radical (unpaired) electrons. The van der Waals surface area contributed by atoms with E-state index in [0.717, 1.165) is 16.7 Å². The Morgan fingerprint density at radius 1 is 1.30 bits per heavy atom. The Labute approximate surface area is 116 Å². The van der Waals surface area contributed by atoms with Crippen molar-refractivity contribution in [2.75, 3.05) is 23.8 Å². The lowest BCUT2D eigenvalue weighted by atomic mass is 9.98. The van der Waals surface area contributed by atoms with Crippen LogP contribution in [-0.4, -0.2) is 29.1 Å². The Bertz CT molecular complexity index is 670. The Balaban J connectivity index is 2.29. The minimum absolute atomic E-state index is 0.0802. The van der Waals surface area contributed by atoms with E-state index in [9.17, 15) is 9.90 Å². The first-order valence-corrected chi connectivity index (χ1v) is 6.46. The van der Waals surface area contributed by atoms with Crippen molar-refractivity contribution in [2.45, 2.75) is 6.42 Å². The molecule has 3 rings (SSSR count). The number of rotatable bonds is 2. The third-order valence-corrected chi connectivity index (χ3v) is 3.47. The van der Waals surface area contributed by atoms with Gasteiger partial charge in [-0.3, -0.25) is 9.69 Å². The molecule has 1 aliphatic heterocycles. The van der Waals surface area contributed by atoms with Crippen LogP contribution in [0.25, 0.3) is 11.1 Å². The molecule has 1 aromatic carbocycles. The second kappa shape index (κ2) is 4.94. The molecule has 2 heterocycles. The molecule has 102 valence electrons. The first-order valence-electron chi connectivity index (χ1n) is 6.46. The highest BCUT2D eigenvalue weighted by Crippen LogP contribution is 2.38. The molecule has 0 atom stereocenters. The molecule has 0 saturated heterocycles. The molecular formula is C15H15N3O2. The van der Waals surface area contributed by atoms with Gasteiger partial charge in [0.1, 0.15) is 5.82 Å². The Kier molecular flexibility index (Phi) is 3.12. The van der Waals surface area contributed by atoms with Gasteiger partial charge in [-0.2, -0.15) is 0 Å². The molecule has 2 aromatic rings. The average Bonchev–Trinajstić information content (AvgIpc) is 2.56. The number of nitrogens with two attached hydrogens (primary N) is 1. The van der Waals surface area contributed by atoms with Gasteiger partial charge < -0.3 is 10.8 Å². The number of aliphatic hydroxyl groups excluding tert-OH is 1. The van der Waals surface area contributed by atoms with Gasteiger partial charge in [-0.1, -0.05) is 24.3 Å². The summed E-state index contributed by atoms with van der Waals surface area (Å²) in [6, 6.07) is 9.41. The third-order valence-electron chi connectivity index (χ3n) is 3.47. The number of hydrogen-bond acceptors (Lipinski definition) is 4. The number of pyridine rings is 1. The standard InChI is InChI=1S/C15H15N3O2/c16-12-5-6-17-15-14(12)11-4-2-1-3-10(11)9-13(20)18(15)7-8-19/h1-6,19H,7-9H2,(H2,16,17). The molecule has 1 aliphatic rings. The summed E-state index contributed by atoms with van der Waals surface area (Å²) >= 11 is 0. The molecule has 0 spiro atoms. The van der Waals surface area contributed by atoms with Gasteiger partial charge in [0.15, 0.2) is 0 Å². The first-order chi connectivity index (χ1) is 9.72. The lowest BCUT2D eigenvalue weighted by molar-refractivity contribution is -0.118. The summed E-state index contributed by atoms with van der Waals surface area (Å²) in [4.78, 5) is 18.2. The van der Waals surface area contributed by atoms with E-state index >= 15 is 0 Å². The highest BCUT2D eigenvalue weighted by Gasteiger charge is 2.27. The fourth-order valence-electron chi connectivity index (χ4n) is 2.57. The molecule has 1 aromatic heterocycles. The van der Waals surface area contributed by atoms with Crippen molar-refractivity contribution in [1.29, 1.82) is 0 Å². The summed E-state index contributed by atoms with van der Waals surface area (Å²) in [5.41, 5.74) is 9.30. The van der Waals surface area contributed by atoms with E-state index in [0.29, 0.717) is 11.5 Å². The van der Waals surface area contributed by atoms with Crippen LogP contribution in [-0.2, 0) is 11.2 Å². The number of nitrogens with zero attached hydrogens (tertiary/aromatic N) is 2. The van der Waals surface area contributed by atoms with E-state index in [2.05, 4.69) is 4.98 Å². The molecular weight excluding hydrogens is 254 g/mol. The quantitative estimate of drug-likeness (QED) is 0.859. The van der Waals surface area contributed by atoms with Gasteiger partial charge in [0.25, 0.3) is 0 Å². The van der Waals surface area contributed by atoms with Gasteiger partial charge in [0.05, 0.1) is 19.6 Å². The van der Waals surface area contributed by atoms with Gasteiger partial charge in [-0.25, -0.2) is 4.98 Å². The van der Waals surface area contributed by atoms with Crippen molar-refractivity contribution in [1.82, 2.24) is 4.98 Å². The monoisotopic (exact) mass is 269 g/mol. The second-order valence-corrected chi connectivity index (χ2v) is 4.70. The van der Waals surface area contributed by atoms with Gasteiger partial charge in [-0.05, 0) is 17.2 Å². The minimum atomic E-state index is -0.113. The predicted molar refractivity (Wildman–Crippen MR) is 77.2 cm³/mol. The topological polar surface area (TPSA) is 79.5 Å². The van der Waals surface area contributed by atoms with Gasteiger partial charge in [0.2, 0.25) is 5.91 Å². The van der Waals surface area contributed by atoms with E-state index in [1.807, 2.05) is 24.3 Å². The van der Waals surface area contributed by atoms with Crippen molar-refractivity contribution in [3.05, 3.63) is 42.1 Å². The molecule has 0 aliphatic carbocycles. The number of benzene rings is 1. The van der Waals surface area contributed by atoms with Crippen molar-refractivity contribution < 1.29 is 9.90 Å². The molecule has 0 fully saturated rings. The zero-order valence-corrected chi connectivity index (χ0v) is 10.9. The van der Waals surface area contributed by atoms with E-state index in [1.165, 1.54) is 4.90 Å². The number of aliphatic hydroxyl groups is 1. The number of fused-ring (bicyclic) bond motifs is 3. The smallest absolute Gasteiger partial charge is 0.232 e. The van der Waals surface area contributed by atoms with Gasteiger partial charge >= 0.3 is 0 Å². The summed E-state index contributed by atoms with van der Waals surface area (Å²) in [6.45, 7) is 0.105. The first kappa shape index (κ1) is 12.6. The second-order valence-electron chi connectivity index (χ2n) is 4.70. The van der Waals surface area contributed by atoms with Crippen LogP contribution in [0, 0.1) is 0 Å². The van der Waals surface area contributed by atoms with E-state index in [-0.39, 0.29) is 25.5 Å². The molecule has 3 N–H and O–H groups in total. The SMILES string of the molecule is Nc1ccnc2c1-c1ccccc1CC(=O)N2CCO. The number of aromatic nitrogens is 1. The maximum atomic E-state index is 12.4. The number of nitrogen functional groups attached to an aromatic ring is 1. The number of amides is 1. The Morgan fingerprint density at radius 2 is 2.10 bits per heavy atom. The van der Waals surface area contributed by atoms with E-state index < -0.39 is 0 Å². The van der Waals surface area contributed by atoms with Crippen molar-refractivity contribution in [3.8, 4) is 11.1 Å². The zero-order chi connectivity index (χ0) is 14.1. The predicted octanol–water partition coefficient (Wildman–Crippen LogP) is 1.21. The number of anilines is 2. The molecule has 20 heavy (non-hydrogen) atoms. The fraction of sp³-hybridized carbons (Fsp3) is 0.200. The van der Waals surface area contributed by atoms with Crippen LogP contribution in [0.3, 0.4) is 0 Å². The normalized spacial score (nSPS) is 13.7. The van der Waals surface area contributed by atoms with Crippen molar-refractivity contribution in [2.24, 2.45) is 0 Å². The highest BCUT2D eigenvalue weighted by atomic mass is 16.3. The lowest BCUT2D eigenvalue weighted by Gasteiger charge is -2.21. The molecule has 0 bridgehead atoms.